The fraction of sp³-hybridized carbons (Fsp3) is 0.471. The molecule has 0 aliphatic heterocycles. The van der Waals surface area contributed by atoms with Crippen LogP contribution < -0.4 is 5.32 Å². The van der Waals surface area contributed by atoms with Crippen molar-refractivity contribution < 1.29 is 0 Å². The van der Waals surface area contributed by atoms with E-state index < -0.39 is 0 Å². The fourth-order valence-corrected chi connectivity index (χ4v) is 3.81. The van der Waals surface area contributed by atoms with Crippen molar-refractivity contribution in [1.82, 2.24) is 15.1 Å². The normalized spacial score (nSPS) is 22.2. The van der Waals surface area contributed by atoms with E-state index in [0.29, 0.717) is 17.9 Å². The molecule has 1 fully saturated rings. The maximum absolute atomic E-state index is 4.48. The van der Waals surface area contributed by atoms with E-state index in [4.69, 9.17) is 0 Å². The van der Waals surface area contributed by atoms with Gasteiger partial charge in [-0.05, 0) is 53.2 Å². The number of hydrogen-bond donors (Lipinski definition) is 1. The second-order valence-corrected chi connectivity index (χ2v) is 6.50. The van der Waals surface area contributed by atoms with Gasteiger partial charge < -0.3 is 5.32 Å². The number of aryl methyl sites for hydroxylation is 1. The molecule has 3 atom stereocenters. The fourth-order valence-electron chi connectivity index (χ4n) is 3.27. The van der Waals surface area contributed by atoms with Crippen molar-refractivity contribution in [2.24, 2.45) is 5.92 Å². The van der Waals surface area contributed by atoms with E-state index in [1.807, 2.05) is 6.20 Å². The van der Waals surface area contributed by atoms with E-state index in [1.54, 1.807) is 0 Å². The van der Waals surface area contributed by atoms with Gasteiger partial charge in [0.25, 0.3) is 0 Å². The summed E-state index contributed by atoms with van der Waals surface area (Å²) in [6.07, 6.45) is 3.17. The van der Waals surface area contributed by atoms with Crippen molar-refractivity contribution in [3.63, 3.8) is 0 Å². The minimum Gasteiger partial charge on any atom is -0.309 e. The lowest BCUT2D eigenvalue weighted by atomic mass is 10.0. The molecule has 112 valence electrons. The van der Waals surface area contributed by atoms with Gasteiger partial charge in [0.2, 0.25) is 0 Å². The SMILES string of the molecule is CCNC(c1c(Br)cnn1CC)C1CC1c1ccccc1. The van der Waals surface area contributed by atoms with Gasteiger partial charge in [-0.1, -0.05) is 37.3 Å². The van der Waals surface area contributed by atoms with Crippen LogP contribution in [0.5, 0.6) is 0 Å². The summed E-state index contributed by atoms with van der Waals surface area (Å²) in [6.45, 7) is 6.20. The van der Waals surface area contributed by atoms with Crippen molar-refractivity contribution in [2.45, 2.75) is 38.8 Å². The largest absolute Gasteiger partial charge is 0.309 e. The van der Waals surface area contributed by atoms with Gasteiger partial charge in [0.15, 0.2) is 0 Å². The van der Waals surface area contributed by atoms with E-state index in [2.05, 4.69) is 75.2 Å². The molecule has 3 unspecified atom stereocenters. The van der Waals surface area contributed by atoms with Gasteiger partial charge in [-0.3, -0.25) is 4.68 Å². The highest BCUT2D eigenvalue weighted by Gasteiger charge is 2.45. The lowest BCUT2D eigenvalue weighted by Gasteiger charge is -2.20. The van der Waals surface area contributed by atoms with E-state index in [1.165, 1.54) is 17.7 Å². The van der Waals surface area contributed by atoms with E-state index in [-0.39, 0.29) is 0 Å². The lowest BCUT2D eigenvalue weighted by Crippen LogP contribution is -2.26. The molecule has 0 saturated heterocycles. The number of halogens is 1. The van der Waals surface area contributed by atoms with Crippen LogP contribution in [0.4, 0.5) is 0 Å². The minimum atomic E-state index is 0.372. The zero-order chi connectivity index (χ0) is 14.8. The maximum Gasteiger partial charge on any atom is 0.0698 e. The highest BCUT2D eigenvalue weighted by Crippen LogP contribution is 2.54. The second kappa shape index (κ2) is 6.32. The first-order valence-corrected chi connectivity index (χ1v) is 8.55. The molecule has 1 aliphatic carbocycles. The number of aromatic nitrogens is 2. The molecule has 1 aliphatic rings. The summed E-state index contributed by atoms with van der Waals surface area (Å²) in [4.78, 5) is 0. The molecular formula is C17H22BrN3. The molecule has 0 radical (unpaired) electrons. The van der Waals surface area contributed by atoms with Crippen LogP contribution in [0.1, 0.15) is 43.5 Å². The Morgan fingerprint density at radius 1 is 1.33 bits per heavy atom. The maximum atomic E-state index is 4.48. The first-order valence-electron chi connectivity index (χ1n) is 7.75. The molecule has 1 aromatic carbocycles. The van der Waals surface area contributed by atoms with E-state index in [9.17, 15) is 0 Å². The molecule has 0 amide bonds. The van der Waals surface area contributed by atoms with Crippen LogP contribution in [-0.2, 0) is 6.54 Å². The molecule has 0 bridgehead atoms. The number of rotatable bonds is 6. The van der Waals surface area contributed by atoms with Crippen LogP contribution >= 0.6 is 15.9 Å². The number of nitrogens with one attached hydrogen (secondary N) is 1. The average Bonchev–Trinajstić information content (AvgIpc) is 3.22. The van der Waals surface area contributed by atoms with Crippen LogP contribution in [0, 0.1) is 5.92 Å². The Hall–Kier alpha value is -1.13. The van der Waals surface area contributed by atoms with Gasteiger partial charge in [-0.2, -0.15) is 5.10 Å². The number of benzene rings is 1. The van der Waals surface area contributed by atoms with Crippen LogP contribution in [-0.4, -0.2) is 16.3 Å². The molecule has 1 saturated carbocycles. The molecular weight excluding hydrogens is 326 g/mol. The van der Waals surface area contributed by atoms with Crippen LogP contribution in [0.25, 0.3) is 0 Å². The summed E-state index contributed by atoms with van der Waals surface area (Å²) in [6, 6.07) is 11.2. The molecule has 1 N–H and O–H groups in total. The smallest absolute Gasteiger partial charge is 0.0698 e. The van der Waals surface area contributed by atoms with Gasteiger partial charge >= 0.3 is 0 Å². The zero-order valence-electron chi connectivity index (χ0n) is 12.6. The standard InChI is InChI=1S/C17H22BrN3/c1-3-19-16(17-15(18)11-20-21(17)4-2)14-10-13(14)12-8-6-5-7-9-12/h5-9,11,13-14,16,19H,3-4,10H2,1-2H3. The van der Waals surface area contributed by atoms with E-state index >= 15 is 0 Å². The Balaban J connectivity index is 1.85. The zero-order valence-corrected chi connectivity index (χ0v) is 14.2. The Bertz CT molecular complexity index is 593. The van der Waals surface area contributed by atoms with Crippen molar-refractivity contribution in [1.29, 1.82) is 0 Å². The van der Waals surface area contributed by atoms with Crippen molar-refractivity contribution in [3.05, 3.63) is 52.3 Å². The third-order valence-corrected chi connectivity index (χ3v) is 4.96. The second-order valence-electron chi connectivity index (χ2n) is 5.65. The molecule has 2 aromatic rings. The Labute approximate surface area is 134 Å². The molecule has 1 heterocycles. The number of hydrogen-bond acceptors (Lipinski definition) is 2. The Kier molecular flexibility index (Phi) is 4.45. The summed E-state index contributed by atoms with van der Waals surface area (Å²) in [5, 5.41) is 8.15. The average molecular weight is 348 g/mol. The third-order valence-electron chi connectivity index (χ3n) is 4.35. The first kappa shape index (κ1) is 14.8. The predicted octanol–water partition coefficient (Wildman–Crippen LogP) is 4.12. The van der Waals surface area contributed by atoms with Crippen LogP contribution in [0.3, 0.4) is 0 Å². The lowest BCUT2D eigenvalue weighted by molar-refractivity contribution is 0.442. The van der Waals surface area contributed by atoms with Gasteiger partial charge in [0, 0.05) is 6.54 Å². The van der Waals surface area contributed by atoms with Gasteiger partial charge in [0.05, 0.1) is 22.4 Å². The topological polar surface area (TPSA) is 29.9 Å². The quantitative estimate of drug-likeness (QED) is 0.851. The molecule has 1 aromatic heterocycles. The highest BCUT2D eigenvalue weighted by atomic mass is 79.9. The van der Waals surface area contributed by atoms with Crippen molar-refractivity contribution in [2.75, 3.05) is 6.54 Å². The van der Waals surface area contributed by atoms with E-state index in [0.717, 1.165) is 17.6 Å². The highest BCUT2D eigenvalue weighted by molar-refractivity contribution is 9.10. The Morgan fingerprint density at radius 3 is 2.76 bits per heavy atom. The monoisotopic (exact) mass is 347 g/mol. The summed E-state index contributed by atoms with van der Waals surface area (Å²) in [7, 11) is 0. The molecule has 0 spiro atoms. The Morgan fingerprint density at radius 2 is 2.10 bits per heavy atom. The first-order chi connectivity index (χ1) is 10.3. The van der Waals surface area contributed by atoms with Crippen LogP contribution in [0.2, 0.25) is 0 Å². The summed E-state index contributed by atoms with van der Waals surface area (Å²) >= 11 is 3.68. The van der Waals surface area contributed by atoms with Gasteiger partial charge in [-0.25, -0.2) is 0 Å². The molecule has 3 rings (SSSR count). The number of nitrogens with zero attached hydrogens (tertiary/aromatic N) is 2. The summed E-state index contributed by atoms with van der Waals surface area (Å²) < 4.78 is 3.23. The summed E-state index contributed by atoms with van der Waals surface area (Å²) in [5.41, 5.74) is 2.76. The molecule has 4 heteroatoms. The van der Waals surface area contributed by atoms with Crippen molar-refractivity contribution in [3.8, 4) is 0 Å². The van der Waals surface area contributed by atoms with Crippen LogP contribution in [0.15, 0.2) is 41.0 Å². The van der Waals surface area contributed by atoms with Gasteiger partial charge in [0.1, 0.15) is 0 Å². The van der Waals surface area contributed by atoms with Gasteiger partial charge in [-0.15, -0.1) is 0 Å². The molecule has 21 heavy (non-hydrogen) atoms. The molecule has 3 nitrogen and oxygen atoms in total. The minimum absolute atomic E-state index is 0.372. The summed E-state index contributed by atoms with van der Waals surface area (Å²) in [5.74, 6) is 1.33. The predicted molar refractivity (Wildman–Crippen MR) is 89.3 cm³/mol. The third kappa shape index (κ3) is 2.92. The van der Waals surface area contributed by atoms with Crippen molar-refractivity contribution >= 4 is 15.9 Å².